The lowest BCUT2D eigenvalue weighted by molar-refractivity contribution is 0.0257. The van der Waals surface area contributed by atoms with Gasteiger partial charge in [0.05, 0.1) is 6.54 Å². The van der Waals surface area contributed by atoms with E-state index in [0.717, 1.165) is 39.5 Å². The molecule has 2 aliphatic rings. The molecular formula is C22H22F2N2S. The number of rotatable bonds is 5. The van der Waals surface area contributed by atoms with E-state index >= 15 is 0 Å². The van der Waals surface area contributed by atoms with Crippen LogP contribution in [0.15, 0.2) is 53.4 Å². The van der Waals surface area contributed by atoms with Crippen molar-refractivity contribution < 1.29 is 8.78 Å². The summed E-state index contributed by atoms with van der Waals surface area (Å²) in [6.07, 6.45) is 2.60. The van der Waals surface area contributed by atoms with Gasteiger partial charge in [-0.25, -0.2) is 8.78 Å². The fourth-order valence-electron chi connectivity index (χ4n) is 3.75. The van der Waals surface area contributed by atoms with Crippen LogP contribution in [0, 0.1) is 5.92 Å². The minimum absolute atomic E-state index is 0.0721. The van der Waals surface area contributed by atoms with Crippen molar-refractivity contribution in [1.29, 1.82) is 0 Å². The normalized spacial score (nSPS) is 19.1. The van der Waals surface area contributed by atoms with E-state index in [0.29, 0.717) is 6.54 Å². The number of halogens is 2. The minimum Gasteiger partial charge on any atom is -0.365 e. The lowest BCUT2D eigenvalue weighted by atomic mass is 10.1. The van der Waals surface area contributed by atoms with Crippen LogP contribution in [0.5, 0.6) is 0 Å². The zero-order chi connectivity index (χ0) is 18.4. The van der Waals surface area contributed by atoms with Crippen molar-refractivity contribution in [2.24, 2.45) is 5.92 Å². The quantitative estimate of drug-likeness (QED) is 0.530. The first-order valence-corrected chi connectivity index (χ1v) is 10.5. The van der Waals surface area contributed by atoms with Gasteiger partial charge >= 0.3 is 0 Å². The van der Waals surface area contributed by atoms with Gasteiger partial charge in [-0.15, -0.1) is 11.8 Å². The molecular weight excluding hydrogens is 362 g/mol. The molecule has 140 valence electrons. The molecule has 0 atom stereocenters. The summed E-state index contributed by atoms with van der Waals surface area (Å²) in [7, 11) is 0. The van der Waals surface area contributed by atoms with Crippen LogP contribution >= 0.6 is 11.8 Å². The Kier molecular flexibility index (Phi) is 4.15. The van der Waals surface area contributed by atoms with E-state index in [1.54, 1.807) is 0 Å². The van der Waals surface area contributed by atoms with Gasteiger partial charge in [0.25, 0.3) is 5.92 Å². The Bertz CT molecular complexity index is 944. The van der Waals surface area contributed by atoms with E-state index in [1.165, 1.54) is 17.7 Å². The van der Waals surface area contributed by atoms with Crippen LogP contribution in [0.2, 0.25) is 0 Å². The molecule has 0 amide bonds. The van der Waals surface area contributed by atoms with E-state index in [-0.39, 0.29) is 13.0 Å². The van der Waals surface area contributed by atoms with Crippen LogP contribution in [0.4, 0.5) is 14.5 Å². The number of thioether (sulfide) groups is 1. The second kappa shape index (κ2) is 6.55. The molecule has 0 unspecified atom stereocenters. The Morgan fingerprint density at radius 3 is 2.70 bits per heavy atom. The van der Waals surface area contributed by atoms with Gasteiger partial charge in [0, 0.05) is 51.5 Å². The highest BCUT2D eigenvalue weighted by molar-refractivity contribution is 7.99. The Labute approximate surface area is 162 Å². The molecule has 1 aliphatic carbocycles. The van der Waals surface area contributed by atoms with Crippen LogP contribution in [0.1, 0.15) is 19.3 Å². The number of aromatic amines is 1. The van der Waals surface area contributed by atoms with Gasteiger partial charge in [0.1, 0.15) is 0 Å². The molecule has 2 fully saturated rings. The Balaban J connectivity index is 1.55. The zero-order valence-corrected chi connectivity index (χ0v) is 15.9. The molecule has 1 saturated heterocycles. The number of hydrogen-bond acceptors (Lipinski definition) is 2. The predicted octanol–water partition coefficient (Wildman–Crippen LogP) is 6.18. The molecule has 2 aromatic carbocycles. The van der Waals surface area contributed by atoms with Crippen LogP contribution < -0.4 is 4.90 Å². The van der Waals surface area contributed by atoms with Gasteiger partial charge < -0.3 is 9.88 Å². The van der Waals surface area contributed by atoms with Crippen molar-refractivity contribution in [3.8, 4) is 11.3 Å². The topological polar surface area (TPSA) is 19.0 Å². The third kappa shape index (κ3) is 3.57. The molecule has 5 heteroatoms. The molecule has 0 bridgehead atoms. The van der Waals surface area contributed by atoms with Crippen LogP contribution in [-0.4, -0.2) is 29.7 Å². The van der Waals surface area contributed by atoms with E-state index in [2.05, 4.69) is 29.2 Å². The minimum atomic E-state index is -2.60. The lowest BCUT2D eigenvalue weighted by Crippen LogP contribution is -2.25. The highest BCUT2D eigenvalue weighted by Crippen LogP contribution is 2.41. The van der Waals surface area contributed by atoms with Crippen LogP contribution in [0.3, 0.4) is 0 Å². The fourth-order valence-corrected chi connectivity index (χ4v) is 4.88. The fraction of sp³-hybridized carbons (Fsp3) is 0.364. The third-order valence-electron chi connectivity index (χ3n) is 5.48. The molecule has 2 nitrogen and oxygen atoms in total. The van der Waals surface area contributed by atoms with Crippen molar-refractivity contribution in [3.63, 3.8) is 0 Å². The number of fused-ring (bicyclic) bond motifs is 1. The number of nitrogens with one attached hydrogen (secondary N) is 1. The number of aromatic nitrogens is 1. The van der Waals surface area contributed by atoms with E-state index in [9.17, 15) is 8.78 Å². The van der Waals surface area contributed by atoms with E-state index in [1.807, 2.05) is 40.9 Å². The molecule has 0 radical (unpaired) electrons. The molecule has 2 heterocycles. The number of hydrogen-bond donors (Lipinski definition) is 1. The van der Waals surface area contributed by atoms with E-state index in [4.69, 9.17) is 0 Å². The summed E-state index contributed by atoms with van der Waals surface area (Å²) in [5.41, 5.74) is 3.98. The van der Waals surface area contributed by atoms with Crippen molar-refractivity contribution in [2.75, 3.05) is 23.7 Å². The van der Waals surface area contributed by atoms with Gasteiger partial charge in [-0.3, -0.25) is 0 Å². The molecule has 1 aromatic heterocycles. The maximum Gasteiger partial charge on any atom is 0.266 e. The number of alkyl halides is 2. The summed E-state index contributed by atoms with van der Waals surface area (Å²) in [6.45, 7) is 0.198. The maximum atomic E-state index is 13.8. The van der Waals surface area contributed by atoms with Gasteiger partial charge in [0.2, 0.25) is 0 Å². The molecule has 3 aromatic rings. The second-order valence-electron chi connectivity index (χ2n) is 7.73. The average Bonchev–Trinajstić information content (AvgIpc) is 3.28. The zero-order valence-electron chi connectivity index (χ0n) is 15.1. The van der Waals surface area contributed by atoms with Gasteiger partial charge in [-0.1, -0.05) is 18.2 Å². The molecule has 27 heavy (non-hydrogen) atoms. The predicted molar refractivity (Wildman–Crippen MR) is 109 cm³/mol. The summed E-state index contributed by atoms with van der Waals surface area (Å²) < 4.78 is 27.6. The van der Waals surface area contributed by atoms with Crippen molar-refractivity contribution in [3.05, 3.63) is 48.5 Å². The van der Waals surface area contributed by atoms with E-state index < -0.39 is 5.92 Å². The Morgan fingerprint density at radius 2 is 1.96 bits per heavy atom. The van der Waals surface area contributed by atoms with Crippen LogP contribution in [-0.2, 0) is 0 Å². The Morgan fingerprint density at radius 1 is 1.11 bits per heavy atom. The third-order valence-corrected chi connectivity index (χ3v) is 6.71. The molecule has 1 N–H and O–H groups in total. The molecule has 1 saturated carbocycles. The highest BCUT2D eigenvalue weighted by Gasteiger charge is 2.39. The van der Waals surface area contributed by atoms with Crippen LogP contribution in [0.25, 0.3) is 22.2 Å². The molecule has 0 spiro atoms. The summed E-state index contributed by atoms with van der Waals surface area (Å²) >= 11 is 1.88. The number of anilines is 1. The van der Waals surface area contributed by atoms with Gasteiger partial charge in [0.15, 0.2) is 0 Å². The van der Waals surface area contributed by atoms with Crippen molar-refractivity contribution in [2.45, 2.75) is 30.1 Å². The number of H-pyrrole nitrogens is 1. The number of benzene rings is 2. The van der Waals surface area contributed by atoms with Crippen molar-refractivity contribution >= 4 is 28.4 Å². The smallest absolute Gasteiger partial charge is 0.266 e. The van der Waals surface area contributed by atoms with Gasteiger partial charge in [-0.05, 0) is 49.1 Å². The number of para-hydroxylation sites is 1. The summed E-state index contributed by atoms with van der Waals surface area (Å²) in [4.78, 5) is 6.52. The largest absolute Gasteiger partial charge is 0.365 e. The van der Waals surface area contributed by atoms with Gasteiger partial charge in [-0.2, -0.15) is 0 Å². The summed E-state index contributed by atoms with van der Waals surface area (Å²) in [6, 6.07) is 16.6. The monoisotopic (exact) mass is 384 g/mol. The summed E-state index contributed by atoms with van der Waals surface area (Å²) in [5, 5.41) is 1.14. The summed E-state index contributed by atoms with van der Waals surface area (Å²) in [5.74, 6) is -0.604. The first-order valence-electron chi connectivity index (χ1n) is 9.55. The lowest BCUT2D eigenvalue weighted by Gasteiger charge is -2.22. The highest BCUT2D eigenvalue weighted by atomic mass is 32.2. The standard InChI is InChI=1S/C22H22F2N2S/c23-22(24)9-10-26(14-22)21-8-7-17(27-13-15-5-6-15)12-18(21)20-11-16-3-1-2-4-19(16)25-20/h1-4,7-8,11-12,15,25H,5-6,9-10,13-14H2. The maximum absolute atomic E-state index is 13.8. The number of nitrogens with zero attached hydrogens (tertiary/aromatic N) is 1. The molecule has 1 aliphatic heterocycles. The Hall–Kier alpha value is -2.01. The SMILES string of the molecule is FC1(F)CCN(c2ccc(SCC3CC3)cc2-c2cc3ccccc3[nH]2)C1. The average molecular weight is 384 g/mol. The first kappa shape index (κ1) is 17.1. The molecule has 5 rings (SSSR count). The van der Waals surface area contributed by atoms with Crippen molar-refractivity contribution in [1.82, 2.24) is 4.98 Å². The second-order valence-corrected chi connectivity index (χ2v) is 8.82. The first-order chi connectivity index (χ1) is 13.1.